The number of ether oxygens (including phenoxy) is 1. The van der Waals surface area contributed by atoms with Crippen molar-refractivity contribution in [1.29, 1.82) is 0 Å². The highest BCUT2D eigenvalue weighted by molar-refractivity contribution is 5.67. The largest absolute Gasteiger partial charge is 0.441 e. The van der Waals surface area contributed by atoms with Crippen LogP contribution in [-0.4, -0.2) is 48.1 Å². The van der Waals surface area contributed by atoms with Crippen molar-refractivity contribution in [3.63, 3.8) is 0 Å². The average molecular weight is 271 g/mol. The van der Waals surface area contributed by atoms with E-state index in [4.69, 9.17) is 10.5 Å². The molecule has 0 aromatic carbocycles. The van der Waals surface area contributed by atoms with E-state index >= 15 is 0 Å². The first-order chi connectivity index (χ1) is 9.06. The molecule has 6 nitrogen and oxygen atoms in total. The summed E-state index contributed by atoms with van der Waals surface area (Å²) >= 11 is 0. The zero-order valence-corrected chi connectivity index (χ0v) is 11.5. The predicted molar refractivity (Wildman–Crippen MR) is 71.2 cm³/mol. The minimum Gasteiger partial charge on any atom is -0.441 e. The second-order valence-electron chi connectivity index (χ2n) is 5.83. The number of rotatable bonds is 4. The second kappa shape index (κ2) is 6.54. The summed E-state index contributed by atoms with van der Waals surface area (Å²) in [7, 11) is 1.74. The summed E-state index contributed by atoms with van der Waals surface area (Å²) in [6, 6.07) is -0.326. The standard InChI is InChI=1S/C13H25N3O3/c1-16-8-11(19-13(18)15-16)12(17)10(14)7-9-5-3-2-4-6-9/h9-12,17H,2-8,14H2,1H3,(H,15,18)/t10?,11-,12?/m0/s1. The van der Waals surface area contributed by atoms with Gasteiger partial charge in [0.05, 0.1) is 6.54 Å². The van der Waals surface area contributed by atoms with Crippen LogP contribution in [-0.2, 0) is 4.74 Å². The minimum atomic E-state index is -0.796. The molecule has 0 aromatic heterocycles. The van der Waals surface area contributed by atoms with Crippen LogP contribution in [0.4, 0.5) is 4.79 Å². The van der Waals surface area contributed by atoms with E-state index in [1.54, 1.807) is 12.1 Å². The Morgan fingerprint density at radius 2 is 2.16 bits per heavy atom. The van der Waals surface area contributed by atoms with Crippen LogP contribution < -0.4 is 11.2 Å². The Labute approximate surface area is 114 Å². The predicted octanol–water partition coefficient (Wildman–Crippen LogP) is 0.600. The summed E-state index contributed by atoms with van der Waals surface area (Å²) < 4.78 is 5.11. The van der Waals surface area contributed by atoms with Gasteiger partial charge in [-0.05, 0) is 12.3 Å². The van der Waals surface area contributed by atoms with Gasteiger partial charge in [0.1, 0.15) is 12.2 Å². The van der Waals surface area contributed by atoms with Crippen LogP contribution in [0.15, 0.2) is 0 Å². The molecule has 1 saturated carbocycles. The number of aliphatic hydroxyl groups is 1. The van der Waals surface area contributed by atoms with E-state index < -0.39 is 18.3 Å². The highest BCUT2D eigenvalue weighted by Gasteiger charge is 2.34. The number of nitrogens with two attached hydrogens (primary N) is 1. The zero-order valence-electron chi connectivity index (χ0n) is 11.5. The summed E-state index contributed by atoms with van der Waals surface area (Å²) in [5, 5.41) is 11.9. The van der Waals surface area contributed by atoms with Crippen molar-refractivity contribution >= 4 is 6.09 Å². The lowest BCUT2D eigenvalue weighted by molar-refractivity contribution is -0.0601. The number of nitrogens with one attached hydrogen (secondary N) is 1. The maximum atomic E-state index is 11.3. The third-order valence-electron chi connectivity index (χ3n) is 4.14. The minimum absolute atomic E-state index is 0.326. The fourth-order valence-electron chi connectivity index (χ4n) is 3.07. The maximum absolute atomic E-state index is 11.3. The Bertz CT molecular complexity index is 308. The molecule has 6 heteroatoms. The molecule has 19 heavy (non-hydrogen) atoms. The number of aliphatic hydroxyl groups excluding tert-OH is 1. The van der Waals surface area contributed by atoms with Crippen LogP contribution in [0.25, 0.3) is 0 Å². The maximum Gasteiger partial charge on any atom is 0.422 e. The molecule has 2 rings (SSSR count). The van der Waals surface area contributed by atoms with Crippen LogP contribution in [0.1, 0.15) is 38.5 Å². The first kappa shape index (κ1) is 14.6. The lowest BCUT2D eigenvalue weighted by Gasteiger charge is -2.35. The van der Waals surface area contributed by atoms with E-state index in [-0.39, 0.29) is 6.04 Å². The molecule has 1 aliphatic heterocycles. The van der Waals surface area contributed by atoms with Crippen LogP contribution in [0.3, 0.4) is 0 Å². The van der Waals surface area contributed by atoms with Crippen molar-refractivity contribution in [3.8, 4) is 0 Å². The number of carbonyl (C=O) groups is 1. The van der Waals surface area contributed by atoms with E-state index in [0.717, 1.165) is 6.42 Å². The zero-order chi connectivity index (χ0) is 13.8. The van der Waals surface area contributed by atoms with Gasteiger partial charge in [-0.15, -0.1) is 0 Å². The number of hydrogen-bond acceptors (Lipinski definition) is 5. The third-order valence-corrected chi connectivity index (χ3v) is 4.14. The Kier molecular flexibility index (Phi) is 5.01. The molecule has 2 aliphatic rings. The van der Waals surface area contributed by atoms with Crippen LogP contribution in [0.2, 0.25) is 0 Å². The molecule has 110 valence electrons. The molecule has 1 saturated heterocycles. The second-order valence-corrected chi connectivity index (χ2v) is 5.83. The monoisotopic (exact) mass is 271 g/mol. The van der Waals surface area contributed by atoms with Crippen molar-refractivity contribution in [3.05, 3.63) is 0 Å². The van der Waals surface area contributed by atoms with Gasteiger partial charge in [-0.3, -0.25) is 5.43 Å². The molecule has 0 spiro atoms. The lowest BCUT2D eigenvalue weighted by atomic mass is 9.83. The summed E-state index contributed by atoms with van der Waals surface area (Å²) in [5.74, 6) is 0.605. The molecular weight excluding hydrogens is 246 g/mol. The summed E-state index contributed by atoms with van der Waals surface area (Å²) in [5.41, 5.74) is 8.59. The van der Waals surface area contributed by atoms with Crippen molar-refractivity contribution in [2.45, 2.75) is 56.8 Å². The van der Waals surface area contributed by atoms with Gasteiger partial charge in [0, 0.05) is 13.1 Å². The van der Waals surface area contributed by atoms with Gasteiger partial charge in [-0.25, -0.2) is 9.80 Å². The lowest BCUT2D eigenvalue weighted by Crippen LogP contribution is -2.58. The van der Waals surface area contributed by atoms with Gasteiger partial charge in [0.2, 0.25) is 0 Å². The molecule has 2 fully saturated rings. The quantitative estimate of drug-likeness (QED) is 0.697. The van der Waals surface area contributed by atoms with E-state index in [1.165, 1.54) is 32.1 Å². The SMILES string of the molecule is CN1C[C@@H](C(O)C(N)CC2CCCCC2)OC(=O)N1. The number of carbonyl (C=O) groups excluding carboxylic acids is 1. The fraction of sp³-hybridized carbons (Fsp3) is 0.923. The van der Waals surface area contributed by atoms with Crippen LogP contribution in [0.5, 0.6) is 0 Å². The highest BCUT2D eigenvalue weighted by Crippen LogP contribution is 2.28. The van der Waals surface area contributed by atoms with Crippen molar-refractivity contribution < 1.29 is 14.6 Å². The summed E-state index contributed by atoms with van der Waals surface area (Å²) in [4.78, 5) is 11.3. The van der Waals surface area contributed by atoms with E-state index in [9.17, 15) is 9.90 Å². The Morgan fingerprint density at radius 1 is 1.47 bits per heavy atom. The Hall–Kier alpha value is -0.850. The summed E-state index contributed by atoms with van der Waals surface area (Å²) in [6.45, 7) is 0.450. The fourth-order valence-corrected chi connectivity index (χ4v) is 3.07. The molecule has 2 unspecified atom stereocenters. The third kappa shape index (κ3) is 4.06. The van der Waals surface area contributed by atoms with Crippen LogP contribution >= 0.6 is 0 Å². The Balaban J connectivity index is 1.83. The molecule has 1 heterocycles. The van der Waals surface area contributed by atoms with Gasteiger partial charge in [0.25, 0.3) is 0 Å². The molecule has 4 N–H and O–H groups in total. The van der Waals surface area contributed by atoms with Crippen molar-refractivity contribution in [2.24, 2.45) is 11.7 Å². The normalized spacial score (nSPS) is 29.4. The highest BCUT2D eigenvalue weighted by atomic mass is 16.6. The molecular formula is C13H25N3O3. The van der Waals surface area contributed by atoms with Gasteiger partial charge in [0.15, 0.2) is 0 Å². The molecule has 1 amide bonds. The average Bonchev–Trinajstić information content (AvgIpc) is 2.37. The van der Waals surface area contributed by atoms with Gasteiger partial charge in [-0.2, -0.15) is 0 Å². The molecule has 1 aliphatic carbocycles. The number of likely N-dealkylation sites (N-methyl/N-ethyl adjacent to an activating group) is 1. The van der Waals surface area contributed by atoms with E-state index in [1.807, 2.05) is 0 Å². The van der Waals surface area contributed by atoms with Gasteiger partial charge in [-0.1, -0.05) is 32.1 Å². The molecule has 0 bridgehead atoms. The van der Waals surface area contributed by atoms with E-state index in [0.29, 0.717) is 12.5 Å². The topological polar surface area (TPSA) is 87.8 Å². The van der Waals surface area contributed by atoms with Gasteiger partial charge < -0.3 is 15.6 Å². The number of nitrogens with zero attached hydrogens (tertiary/aromatic N) is 1. The first-order valence-electron chi connectivity index (χ1n) is 7.18. The van der Waals surface area contributed by atoms with Gasteiger partial charge >= 0.3 is 6.09 Å². The van der Waals surface area contributed by atoms with E-state index in [2.05, 4.69) is 5.43 Å². The summed E-state index contributed by atoms with van der Waals surface area (Å²) in [6.07, 6.45) is 5.18. The smallest absolute Gasteiger partial charge is 0.422 e. The Morgan fingerprint density at radius 3 is 2.79 bits per heavy atom. The van der Waals surface area contributed by atoms with Crippen molar-refractivity contribution in [2.75, 3.05) is 13.6 Å². The number of hydrogen-bond donors (Lipinski definition) is 3. The van der Waals surface area contributed by atoms with Crippen LogP contribution in [0, 0.1) is 5.92 Å². The molecule has 3 atom stereocenters. The number of amides is 1. The first-order valence-corrected chi connectivity index (χ1v) is 7.18. The van der Waals surface area contributed by atoms with Crippen molar-refractivity contribution in [1.82, 2.24) is 10.4 Å². The number of cyclic esters (lactones) is 1. The number of hydrazine groups is 1. The molecule has 0 aromatic rings. The molecule has 0 radical (unpaired) electrons.